The molecule has 1 amide bonds. The van der Waals surface area contributed by atoms with E-state index >= 15 is 0 Å². The van der Waals surface area contributed by atoms with Gasteiger partial charge >= 0.3 is 0 Å². The zero-order valence-electron chi connectivity index (χ0n) is 19.1. The van der Waals surface area contributed by atoms with E-state index in [1.165, 1.54) is 32.1 Å². The molecule has 0 unspecified atom stereocenters. The lowest BCUT2D eigenvalue weighted by molar-refractivity contribution is -0.158. The van der Waals surface area contributed by atoms with Crippen LogP contribution < -0.4 is 5.32 Å². The Hall–Kier alpha value is -0.730. The number of fused-ring (bicyclic) bond motifs is 1. The van der Waals surface area contributed by atoms with Crippen LogP contribution in [0, 0.1) is 5.92 Å². The van der Waals surface area contributed by atoms with Crippen LogP contribution in [0.2, 0.25) is 0 Å². The third-order valence-corrected chi connectivity index (χ3v) is 6.82. The molecule has 0 radical (unpaired) electrons. The summed E-state index contributed by atoms with van der Waals surface area (Å²) in [6.45, 7) is 4.28. The molecule has 3 rings (SSSR count). The molecule has 174 valence electrons. The number of hydrogen-bond acceptors (Lipinski definition) is 6. The normalized spacial score (nSPS) is 31.7. The monoisotopic (exact) mass is 425 g/mol. The highest BCUT2D eigenvalue weighted by atomic mass is 16.5. The molecule has 2 N–H and O–H groups in total. The fraction of sp³-hybridized carbons (Fsp3) is 0.957. The third kappa shape index (κ3) is 7.75. The topological polar surface area (TPSA) is 74.3 Å². The summed E-state index contributed by atoms with van der Waals surface area (Å²) in [4.78, 5) is 16.9. The Balaban J connectivity index is 1.49. The number of aliphatic hydroxyl groups is 1. The first-order valence-corrected chi connectivity index (χ1v) is 12.1. The number of amides is 1. The van der Waals surface area contributed by atoms with Crippen LogP contribution in [0.3, 0.4) is 0 Å². The van der Waals surface area contributed by atoms with Gasteiger partial charge in [-0.2, -0.15) is 0 Å². The van der Waals surface area contributed by atoms with E-state index in [1.807, 2.05) is 14.1 Å². The minimum absolute atomic E-state index is 0.0126. The fourth-order valence-electron chi connectivity index (χ4n) is 5.26. The number of rotatable bonds is 8. The van der Waals surface area contributed by atoms with Crippen LogP contribution in [0.4, 0.5) is 0 Å². The molecular formula is C23H43N3O4. The van der Waals surface area contributed by atoms with Crippen molar-refractivity contribution in [3.8, 4) is 0 Å². The zero-order valence-corrected chi connectivity index (χ0v) is 19.1. The van der Waals surface area contributed by atoms with Crippen LogP contribution in [0.1, 0.15) is 57.8 Å². The molecule has 7 nitrogen and oxygen atoms in total. The van der Waals surface area contributed by atoms with Gasteiger partial charge in [0.25, 0.3) is 0 Å². The van der Waals surface area contributed by atoms with E-state index in [0.717, 1.165) is 38.3 Å². The third-order valence-electron chi connectivity index (χ3n) is 6.82. The lowest BCUT2D eigenvalue weighted by atomic mass is 9.87. The molecule has 7 heteroatoms. The molecule has 2 aliphatic heterocycles. The van der Waals surface area contributed by atoms with Crippen LogP contribution in [0.5, 0.6) is 0 Å². The van der Waals surface area contributed by atoms with Gasteiger partial charge in [0.05, 0.1) is 37.9 Å². The molecule has 0 aromatic carbocycles. The van der Waals surface area contributed by atoms with Gasteiger partial charge < -0.3 is 24.8 Å². The molecule has 30 heavy (non-hydrogen) atoms. The van der Waals surface area contributed by atoms with Crippen LogP contribution in [0.15, 0.2) is 0 Å². The van der Waals surface area contributed by atoms with Gasteiger partial charge in [-0.15, -0.1) is 0 Å². The van der Waals surface area contributed by atoms with Gasteiger partial charge in [0.15, 0.2) is 0 Å². The van der Waals surface area contributed by atoms with E-state index in [-0.39, 0.29) is 24.2 Å². The first-order chi connectivity index (χ1) is 14.5. The van der Waals surface area contributed by atoms with Crippen LogP contribution >= 0.6 is 0 Å². The number of carbonyl (C=O) groups is 1. The first-order valence-electron chi connectivity index (χ1n) is 12.1. The molecule has 3 aliphatic rings. The molecule has 1 saturated carbocycles. The molecule has 0 spiro atoms. The Kier molecular flexibility index (Phi) is 9.84. The summed E-state index contributed by atoms with van der Waals surface area (Å²) in [5.74, 6) is 0.816. The first kappa shape index (κ1) is 23.9. The molecule has 1 aliphatic carbocycles. The van der Waals surface area contributed by atoms with E-state index in [9.17, 15) is 9.90 Å². The minimum Gasteiger partial charge on any atom is -0.389 e. The number of nitrogens with zero attached hydrogens (tertiary/aromatic N) is 2. The number of aliphatic hydroxyl groups excluding tert-OH is 1. The average Bonchev–Trinajstić information content (AvgIpc) is 2.70. The molecule has 0 aromatic rings. The molecule has 0 bridgehead atoms. The highest BCUT2D eigenvalue weighted by Crippen LogP contribution is 2.31. The maximum Gasteiger partial charge on any atom is 0.222 e. The molecule has 2 saturated heterocycles. The SMILES string of the molecule is CN(C)CCCNC(=O)C[C@H]1CC[C@@H]2[C@H](COC[C@@H](O)CN2CC2CCCCC2)O1. The van der Waals surface area contributed by atoms with Gasteiger partial charge in [-0.3, -0.25) is 9.69 Å². The van der Waals surface area contributed by atoms with Gasteiger partial charge in [-0.05, 0) is 58.7 Å². The second kappa shape index (κ2) is 12.3. The number of hydrogen-bond donors (Lipinski definition) is 2. The van der Waals surface area contributed by atoms with Crippen molar-refractivity contribution in [2.24, 2.45) is 5.92 Å². The van der Waals surface area contributed by atoms with Gasteiger partial charge in [-0.25, -0.2) is 0 Å². The predicted octanol–water partition coefficient (Wildman–Crippen LogP) is 1.63. The number of nitrogens with one attached hydrogen (secondary N) is 1. The highest BCUT2D eigenvalue weighted by Gasteiger charge is 2.38. The van der Waals surface area contributed by atoms with Crippen molar-refractivity contribution in [3.63, 3.8) is 0 Å². The summed E-state index contributed by atoms with van der Waals surface area (Å²) >= 11 is 0. The van der Waals surface area contributed by atoms with Crippen LogP contribution in [-0.2, 0) is 14.3 Å². The molecule has 0 aromatic heterocycles. The summed E-state index contributed by atoms with van der Waals surface area (Å²) in [7, 11) is 4.09. The second-order valence-electron chi connectivity index (χ2n) is 9.80. The fourth-order valence-corrected chi connectivity index (χ4v) is 5.26. The van der Waals surface area contributed by atoms with Crippen LogP contribution in [-0.4, -0.2) is 98.7 Å². The van der Waals surface area contributed by atoms with Crippen LogP contribution in [0.25, 0.3) is 0 Å². The Labute approximate surface area is 182 Å². The van der Waals surface area contributed by atoms with E-state index in [0.29, 0.717) is 32.7 Å². The van der Waals surface area contributed by atoms with Gasteiger partial charge in [0.1, 0.15) is 0 Å². The molecule has 2 heterocycles. The summed E-state index contributed by atoms with van der Waals surface area (Å²) in [5, 5.41) is 13.4. The maximum atomic E-state index is 12.3. The number of ether oxygens (including phenoxy) is 2. The molecule has 4 atom stereocenters. The standard InChI is InChI=1S/C23H43N3O4/c1-25(2)12-6-11-24-23(28)13-20-9-10-21-22(30-20)17-29-16-19(27)15-26(21)14-18-7-4-3-5-8-18/h18-22,27H,3-17H2,1-2H3,(H,24,28)/t19-,20+,21+,22-/m0/s1. The quantitative estimate of drug-likeness (QED) is 0.576. The zero-order chi connectivity index (χ0) is 21.3. The number of β-amino-alcohol motifs (C(OH)–C–C–N with tert-alkyl or cyclic N) is 1. The maximum absolute atomic E-state index is 12.3. The molecular weight excluding hydrogens is 382 g/mol. The van der Waals surface area contributed by atoms with E-state index in [1.54, 1.807) is 0 Å². The van der Waals surface area contributed by atoms with Crippen molar-refractivity contribution in [2.45, 2.75) is 82.1 Å². The lowest BCUT2D eigenvalue weighted by Gasteiger charge is -2.45. The van der Waals surface area contributed by atoms with Crippen molar-refractivity contribution >= 4 is 5.91 Å². The Bertz CT molecular complexity index is 513. The summed E-state index contributed by atoms with van der Waals surface area (Å²) < 4.78 is 12.1. The Morgan fingerprint density at radius 2 is 1.93 bits per heavy atom. The van der Waals surface area contributed by atoms with Crippen molar-refractivity contribution in [1.29, 1.82) is 0 Å². The van der Waals surface area contributed by atoms with Crippen molar-refractivity contribution in [3.05, 3.63) is 0 Å². The van der Waals surface area contributed by atoms with E-state index in [4.69, 9.17) is 9.47 Å². The summed E-state index contributed by atoms with van der Waals surface area (Å²) in [5.41, 5.74) is 0. The smallest absolute Gasteiger partial charge is 0.222 e. The highest BCUT2D eigenvalue weighted by molar-refractivity contribution is 5.76. The molecule has 3 fully saturated rings. The second-order valence-corrected chi connectivity index (χ2v) is 9.80. The number of carbonyl (C=O) groups excluding carboxylic acids is 1. The summed E-state index contributed by atoms with van der Waals surface area (Å²) in [6.07, 6.45) is 9.44. The van der Waals surface area contributed by atoms with Gasteiger partial charge in [-0.1, -0.05) is 19.3 Å². The van der Waals surface area contributed by atoms with Gasteiger partial charge in [0, 0.05) is 25.7 Å². The van der Waals surface area contributed by atoms with E-state index in [2.05, 4.69) is 15.1 Å². The minimum atomic E-state index is -0.430. The predicted molar refractivity (Wildman–Crippen MR) is 117 cm³/mol. The Morgan fingerprint density at radius 1 is 1.13 bits per heavy atom. The van der Waals surface area contributed by atoms with E-state index < -0.39 is 6.10 Å². The summed E-state index contributed by atoms with van der Waals surface area (Å²) in [6, 6.07) is 0.279. The van der Waals surface area contributed by atoms with Crippen molar-refractivity contribution < 1.29 is 19.4 Å². The van der Waals surface area contributed by atoms with Gasteiger partial charge in [0.2, 0.25) is 5.91 Å². The average molecular weight is 426 g/mol. The lowest BCUT2D eigenvalue weighted by Crippen LogP contribution is -2.56. The van der Waals surface area contributed by atoms with Crippen molar-refractivity contribution in [1.82, 2.24) is 15.1 Å². The Morgan fingerprint density at radius 3 is 2.70 bits per heavy atom. The van der Waals surface area contributed by atoms with Crippen molar-refractivity contribution in [2.75, 3.05) is 53.5 Å². The largest absolute Gasteiger partial charge is 0.389 e.